The van der Waals surface area contributed by atoms with E-state index in [4.69, 9.17) is 22.4 Å². The third kappa shape index (κ3) is 2.76. The van der Waals surface area contributed by atoms with Crippen molar-refractivity contribution in [3.8, 4) is 0 Å². The van der Waals surface area contributed by atoms with E-state index in [9.17, 15) is 0 Å². The highest BCUT2D eigenvalue weighted by molar-refractivity contribution is 7.80. The van der Waals surface area contributed by atoms with Gasteiger partial charge in [0.1, 0.15) is 10.7 Å². The van der Waals surface area contributed by atoms with E-state index < -0.39 is 0 Å². The Morgan fingerprint density at radius 1 is 1.42 bits per heavy atom. The summed E-state index contributed by atoms with van der Waals surface area (Å²) < 4.78 is 5.42. The lowest BCUT2D eigenvalue weighted by atomic mass is 10.3. The molecule has 1 aliphatic carbocycles. The van der Waals surface area contributed by atoms with Gasteiger partial charge in [-0.25, -0.2) is 0 Å². The molecule has 0 atom stereocenters. The average Bonchev–Trinajstić information content (AvgIpc) is 3.13. The van der Waals surface area contributed by atoms with Crippen LogP contribution in [-0.2, 0) is 6.54 Å². The van der Waals surface area contributed by atoms with Crippen molar-refractivity contribution in [2.45, 2.75) is 25.4 Å². The molecule has 1 aliphatic rings. The predicted molar refractivity (Wildman–Crippen MR) is 78.0 cm³/mol. The highest BCUT2D eigenvalue weighted by Crippen LogP contribution is 2.32. The second kappa shape index (κ2) is 5.01. The van der Waals surface area contributed by atoms with Crippen LogP contribution in [0.15, 0.2) is 41.1 Å². The van der Waals surface area contributed by atoms with Gasteiger partial charge in [-0.05, 0) is 37.1 Å². The number of pyridine rings is 1. The Bertz CT molecular complexity index is 561. The van der Waals surface area contributed by atoms with Gasteiger partial charge in [0, 0.05) is 6.04 Å². The second-order valence-corrected chi connectivity index (χ2v) is 5.14. The van der Waals surface area contributed by atoms with Crippen LogP contribution in [0.25, 0.3) is 0 Å². The van der Waals surface area contributed by atoms with Gasteiger partial charge < -0.3 is 15.1 Å². The number of rotatable bonds is 5. The normalized spacial score (nSPS) is 14.3. The molecule has 0 aromatic carbocycles. The zero-order valence-corrected chi connectivity index (χ0v) is 11.3. The van der Waals surface area contributed by atoms with Crippen molar-refractivity contribution >= 4 is 22.9 Å². The van der Waals surface area contributed by atoms with Crippen molar-refractivity contribution in [1.29, 1.82) is 0 Å². The third-order valence-corrected chi connectivity index (χ3v) is 3.44. The summed E-state index contributed by atoms with van der Waals surface area (Å²) >= 11 is 4.91. The molecule has 4 nitrogen and oxygen atoms in total. The van der Waals surface area contributed by atoms with E-state index in [0.717, 1.165) is 18.0 Å². The Kier molecular flexibility index (Phi) is 3.21. The van der Waals surface area contributed by atoms with E-state index in [1.165, 1.54) is 12.8 Å². The lowest BCUT2D eigenvalue weighted by molar-refractivity contribution is 0.501. The highest BCUT2D eigenvalue weighted by atomic mass is 32.1. The molecule has 19 heavy (non-hydrogen) atoms. The average molecular weight is 273 g/mol. The first-order valence-corrected chi connectivity index (χ1v) is 6.70. The predicted octanol–water partition coefficient (Wildman–Crippen LogP) is 2.48. The van der Waals surface area contributed by atoms with Gasteiger partial charge in [0.05, 0.1) is 30.4 Å². The van der Waals surface area contributed by atoms with Crippen molar-refractivity contribution in [2.75, 3.05) is 4.90 Å². The molecule has 0 aliphatic heterocycles. The molecule has 2 N–H and O–H groups in total. The largest absolute Gasteiger partial charge is 0.467 e. The number of furan rings is 1. The van der Waals surface area contributed by atoms with Crippen LogP contribution in [0.1, 0.15) is 24.3 Å². The van der Waals surface area contributed by atoms with Crippen molar-refractivity contribution < 1.29 is 4.42 Å². The Hall–Kier alpha value is -1.88. The number of aromatic nitrogens is 1. The van der Waals surface area contributed by atoms with Crippen molar-refractivity contribution in [3.63, 3.8) is 0 Å². The SMILES string of the molecule is NC(=S)c1ccc(N(Cc2ccco2)C2CC2)cn1. The van der Waals surface area contributed by atoms with Gasteiger partial charge >= 0.3 is 0 Å². The van der Waals surface area contributed by atoms with E-state index in [1.54, 1.807) is 6.26 Å². The van der Waals surface area contributed by atoms with Crippen LogP contribution >= 0.6 is 12.2 Å². The topological polar surface area (TPSA) is 55.3 Å². The fraction of sp³-hybridized carbons (Fsp3) is 0.286. The zero-order valence-electron chi connectivity index (χ0n) is 10.5. The van der Waals surface area contributed by atoms with Gasteiger partial charge in [-0.1, -0.05) is 12.2 Å². The van der Waals surface area contributed by atoms with E-state index in [1.807, 2.05) is 30.5 Å². The van der Waals surface area contributed by atoms with Gasteiger partial charge in [0.2, 0.25) is 0 Å². The molecule has 2 heterocycles. The first-order chi connectivity index (χ1) is 9.24. The maximum Gasteiger partial charge on any atom is 0.123 e. The summed E-state index contributed by atoms with van der Waals surface area (Å²) in [5.74, 6) is 0.963. The molecule has 0 bridgehead atoms. The molecule has 0 amide bonds. The molecule has 0 spiro atoms. The molecule has 0 saturated heterocycles. The molecule has 0 radical (unpaired) electrons. The number of nitrogens with two attached hydrogens (primary N) is 1. The lowest BCUT2D eigenvalue weighted by Gasteiger charge is -2.23. The molecule has 0 unspecified atom stereocenters. The van der Waals surface area contributed by atoms with E-state index in [2.05, 4.69) is 9.88 Å². The summed E-state index contributed by atoms with van der Waals surface area (Å²) in [5.41, 5.74) is 7.30. The van der Waals surface area contributed by atoms with Gasteiger partial charge in [-0.3, -0.25) is 4.98 Å². The van der Waals surface area contributed by atoms with E-state index in [0.29, 0.717) is 16.7 Å². The zero-order chi connectivity index (χ0) is 13.2. The maximum atomic E-state index is 5.56. The molecule has 5 heteroatoms. The first kappa shape index (κ1) is 12.2. The smallest absolute Gasteiger partial charge is 0.123 e. The molecule has 1 saturated carbocycles. The van der Waals surface area contributed by atoms with Crippen molar-refractivity contribution in [3.05, 3.63) is 48.2 Å². The number of hydrogen-bond acceptors (Lipinski definition) is 4. The molecule has 1 fully saturated rings. The highest BCUT2D eigenvalue weighted by Gasteiger charge is 2.30. The first-order valence-electron chi connectivity index (χ1n) is 6.29. The molecule has 2 aromatic heterocycles. The maximum absolute atomic E-state index is 5.56. The number of anilines is 1. The minimum atomic E-state index is 0.329. The van der Waals surface area contributed by atoms with Crippen LogP contribution < -0.4 is 10.6 Å². The molecular weight excluding hydrogens is 258 g/mol. The Morgan fingerprint density at radius 3 is 2.79 bits per heavy atom. The number of nitrogens with zero attached hydrogens (tertiary/aromatic N) is 2. The minimum absolute atomic E-state index is 0.329. The van der Waals surface area contributed by atoms with Crippen LogP contribution in [-0.4, -0.2) is 16.0 Å². The van der Waals surface area contributed by atoms with Crippen LogP contribution in [0.2, 0.25) is 0 Å². The number of hydrogen-bond donors (Lipinski definition) is 1. The van der Waals surface area contributed by atoms with Crippen LogP contribution in [0.5, 0.6) is 0 Å². The summed E-state index contributed by atoms with van der Waals surface area (Å²) in [4.78, 5) is 6.94. The minimum Gasteiger partial charge on any atom is -0.467 e. The summed E-state index contributed by atoms with van der Waals surface area (Å²) in [5, 5.41) is 0. The molecule has 3 rings (SSSR count). The monoisotopic (exact) mass is 273 g/mol. The molecule has 2 aromatic rings. The van der Waals surface area contributed by atoms with E-state index >= 15 is 0 Å². The van der Waals surface area contributed by atoms with Crippen LogP contribution in [0, 0.1) is 0 Å². The van der Waals surface area contributed by atoms with Gasteiger partial charge in [-0.15, -0.1) is 0 Å². The van der Waals surface area contributed by atoms with Crippen LogP contribution in [0.4, 0.5) is 5.69 Å². The Balaban J connectivity index is 1.81. The Labute approximate surface area is 117 Å². The second-order valence-electron chi connectivity index (χ2n) is 4.70. The molecular formula is C14H15N3OS. The number of thiocarbonyl (C=S) groups is 1. The third-order valence-electron chi connectivity index (χ3n) is 3.23. The van der Waals surface area contributed by atoms with Gasteiger partial charge in [-0.2, -0.15) is 0 Å². The standard InChI is InChI=1S/C14H15N3OS/c15-14(19)13-6-5-11(8-16-13)17(10-3-4-10)9-12-2-1-7-18-12/h1-2,5-8,10H,3-4,9H2,(H2,15,19). The van der Waals surface area contributed by atoms with Gasteiger partial charge in [0.25, 0.3) is 0 Å². The van der Waals surface area contributed by atoms with Crippen molar-refractivity contribution in [2.24, 2.45) is 5.73 Å². The van der Waals surface area contributed by atoms with Crippen molar-refractivity contribution in [1.82, 2.24) is 4.98 Å². The van der Waals surface area contributed by atoms with E-state index in [-0.39, 0.29) is 0 Å². The quantitative estimate of drug-likeness (QED) is 0.848. The summed E-state index contributed by atoms with van der Waals surface area (Å²) in [7, 11) is 0. The summed E-state index contributed by atoms with van der Waals surface area (Å²) in [6.45, 7) is 0.770. The fourth-order valence-corrected chi connectivity index (χ4v) is 2.21. The Morgan fingerprint density at radius 2 is 2.26 bits per heavy atom. The molecule has 98 valence electrons. The van der Waals surface area contributed by atoms with Gasteiger partial charge in [0.15, 0.2) is 0 Å². The fourth-order valence-electron chi connectivity index (χ4n) is 2.09. The summed E-state index contributed by atoms with van der Waals surface area (Å²) in [6.07, 6.45) is 5.97. The lowest BCUT2D eigenvalue weighted by Crippen LogP contribution is -2.25. The van der Waals surface area contributed by atoms with Crippen LogP contribution in [0.3, 0.4) is 0 Å². The summed E-state index contributed by atoms with van der Waals surface area (Å²) in [6, 6.07) is 8.38.